The number of esters is 1. The number of hydrogen-bond acceptors (Lipinski definition) is 5. The van der Waals surface area contributed by atoms with Crippen molar-refractivity contribution in [2.24, 2.45) is 11.8 Å². The fraction of sp³-hybridized carbons (Fsp3) is 0.400. The first kappa shape index (κ1) is 18.2. The smallest absolute Gasteiger partial charge is 0.323 e. The van der Waals surface area contributed by atoms with Crippen LogP contribution in [-0.2, 0) is 22.6 Å². The predicted molar refractivity (Wildman–Crippen MR) is 100 cm³/mol. The maximum absolute atomic E-state index is 12.6. The van der Waals surface area contributed by atoms with Crippen molar-refractivity contribution in [3.05, 3.63) is 69.1 Å². The third kappa shape index (κ3) is 2.88. The highest BCUT2D eigenvalue weighted by molar-refractivity contribution is 6.31. The van der Waals surface area contributed by atoms with E-state index < -0.39 is 6.04 Å². The number of nitrogens with zero attached hydrogens (tertiary/aromatic N) is 2. The average Bonchev–Trinajstić information content (AvgIpc) is 3.19. The van der Waals surface area contributed by atoms with E-state index in [-0.39, 0.29) is 36.0 Å². The molecule has 2 aliphatic rings. The van der Waals surface area contributed by atoms with Crippen molar-refractivity contribution >= 4 is 17.6 Å². The molecule has 0 saturated carbocycles. The lowest BCUT2D eigenvalue weighted by Gasteiger charge is -2.30. The van der Waals surface area contributed by atoms with E-state index in [4.69, 9.17) is 16.3 Å². The lowest BCUT2D eigenvalue weighted by molar-refractivity contribution is -0.148. The van der Waals surface area contributed by atoms with Crippen molar-refractivity contribution in [1.82, 2.24) is 9.47 Å². The minimum atomic E-state index is -0.588. The van der Waals surface area contributed by atoms with Gasteiger partial charge in [0.25, 0.3) is 5.56 Å². The molecule has 2 aromatic rings. The van der Waals surface area contributed by atoms with Crippen LogP contribution in [0.25, 0.3) is 0 Å². The van der Waals surface area contributed by atoms with Crippen LogP contribution in [-0.4, -0.2) is 40.3 Å². The topological polar surface area (TPSA) is 71.8 Å². The number of aromatic nitrogens is 1. The quantitative estimate of drug-likeness (QED) is 0.809. The first-order chi connectivity index (χ1) is 13.1. The molecule has 4 atom stereocenters. The number of halogens is 1. The molecule has 0 spiro atoms. The van der Waals surface area contributed by atoms with Crippen molar-refractivity contribution in [3.8, 4) is 0 Å². The van der Waals surface area contributed by atoms with Gasteiger partial charge in [-0.05, 0) is 17.7 Å². The first-order valence-corrected chi connectivity index (χ1v) is 9.32. The number of pyridine rings is 1. The lowest BCUT2D eigenvalue weighted by atomic mass is 9.88. The Hall–Kier alpha value is -2.15. The molecule has 0 bridgehead atoms. The Morgan fingerprint density at radius 3 is 2.74 bits per heavy atom. The standard InChI is InChI=1S/C20H21ClN2O4/c1-27-20(26)19-14(11-24)13-10-22-16(7-4-8-17(22)25)18(13)23(19)9-12-5-2-3-6-15(12)21/h2-8,13-14,18-19,24H,9-11H2,1H3/t13-,14-,18+,19-/m1/s1. The predicted octanol–water partition coefficient (Wildman–Crippen LogP) is 1.84. The fourth-order valence-electron chi connectivity index (χ4n) is 4.64. The summed E-state index contributed by atoms with van der Waals surface area (Å²) in [5, 5.41) is 10.7. The summed E-state index contributed by atoms with van der Waals surface area (Å²) in [4.78, 5) is 26.9. The number of likely N-dealkylation sites (tertiary alicyclic amines) is 1. The Bertz CT molecular complexity index is 928. The second kappa shape index (κ2) is 7.11. The molecule has 1 fully saturated rings. The zero-order chi connectivity index (χ0) is 19.1. The van der Waals surface area contributed by atoms with Gasteiger partial charge in [-0.1, -0.05) is 35.9 Å². The van der Waals surface area contributed by atoms with E-state index >= 15 is 0 Å². The Morgan fingerprint density at radius 1 is 1.26 bits per heavy atom. The SMILES string of the molecule is COC(=O)[C@H]1[C@H](CO)[C@H]2Cn3c(cccc3=O)[C@H]2N1Cc1ccccc1Cl. The van der Waals surface area contributed by atoms with Gasteiger partial charge >= 0.3 is 5.97 Å². The molecule has 1 aromatic carbocycles. The zero-order valence-corrected chi connectivity index (χ0v) is 15.7. The van der Waals surface area contributed by atoms with E-state index in [1.54, 1.807) is 10.6 Å². The van der Waals surface area contributed by atoms with Gasteiger partial charge in [0.15, 0.2) is 0 Å². The van der Waals surface area contributed by atoms with Crippen LogP contribution in [0.1, 0.15) is 17.3 Å². The van der Waals surface area contributed by atoms with Crippen LogP contribution in [0.2, 0.25) is 5.02 Å². The Balaban J connectivity index is 1.81. The second-order valence-corrected chi connectivity index (χ2v) is 7.49. The number of benzene rings is 1. The van der Waals surface area contributed by atoms with Gasteiger partial charge in [-0.25, -0.2) is 0 Å². The summed E-state index contributed by atoms with van der Waals surface area (Å²) < 4.78 is 6.79. The average molecular weight is 389 g/mol. The number of hydrogen-bond donors (Lipinski definition) is 1. The molecule has 1 aromatic heterocycles. The van der Waals surface area contributed by atoms with Gasteiger partial charge in [-0.15, -0.1) is 0 Å². The van der Waals surface area contributed by atoms with Crippen LogP contribution >= 0.6 is 11.6 Å². The van der Waals surface area contributed by atoms with E-state index in [9.17, 15) is 14.7 Å². The third-order valence-electron chi connectivity index (χ3n) is 5.82. The van der Waals surface area contributed by atoms with Crippen LogP contribution in [0, 0.1) is 11.8 Å². The Labute approximate surface area is 161 Å². The van der Waals surface area contributed by atoms with Crippen LogP contribution in [0.4, 0.5) is 0 Å². The monoisotopic (exact) mass is 388 g/mol. The molecule has 6 nitrogen and oxygen atoms in total. The molecule has 3 heterocycles. The number of fused-ring (bicyclic) bond motifs is 3. The van der Waals surface area contributed by atoms with Gasteiger partial charge < -0.3 is 14.4 Å². The Morgan fingerprint density at radius 2 is 2.04 bits per heavy atom. The number of methoxy groups -OCH3 is 1. The van der Waals surface area contributed by atoms with E-state index in [1.807, 2.05) is 35.2 Å². The van der Waals surface area contributed by atoms with Crippen molar-refractivity contribution in [2.75, 3.05) is 13.7 Å². The maximum atomic E-state index is 12.6. The maximum Gasteiger partial charge on any atom is 0.323 e. The number of aliphatic hydroxyl groups excluding tert-OH is 1. The summed E-state index contributed by atoms with van der Waals surface area (Å²) in [7, 11) is 1.36. The van der Waals surface area contributed by atoms with Gasteiger partial charge in [0, 0.05) is 48.3 Å². The fourth-order valence-corrected chi connectivity index (χ4v) is 4.84. The molecular weight excluding hydrogens is 368 g/mol. The van der Waals surface area contributed by atoms with Crippen LogP contribution in [0.15, 0.2) is 47.3 Å². The molecule has 1 saturated heterocycles. The summed E-state index contributed by atoms with van der Waals surface area (Å²) in [6, 6.07) is 11.9. The third-order valence-corrected chi connectivity index (χ3v) is 6.19. The molecule has 7 heteroatoms. The van der Waals surface area contributed by atoms with E-state index in [0.29, 0.717) is 18.1 Å². The number of carbonyl (C=O) groups is 1. The van der Waals surface area contributed by atoms with Crippen molar-refractivity contribution in [3.63, 3.8) is 0 Å². The zero-order valence-electron chi connectivity index (χ0n) is 14.9. The van der Waals surface area contributed by atoms with E-state index in [0.717, 1.165) is 11.3 Å². The molecule has 4 rings (SSSR count). The van der Waals surface area contributed by atoms with Gasteiger partial charge in [-0.2, -0.15) is 0 Å². The highest BCUT2D eigenvalue weighted by Crippen LogP contribution is 2.50. The molecule has 142 valence electrons. The second-order valence-electron chi connectivity index (χ2n) is 7.09. The van der Waals surface area contributed by atoms with Crippen LogP contribution in [0.5, 0.6) is 0 Å². The normalized spacial score (nSPS) is 26.6. The molecular formula is C20H21ClN2O4. The van der Waals surface area contributed by atoms with E-state index in [1.165, 1.54) is 13.2 Å². The minimum absolute atomic E-state index is 0.0447. The summed E-state index contributed by atoms with van der Waals surface area (Å²) in [6.45, 7) is 0.764. The molecule has 0 amide bonds. The van der Waals surface area contributed by atoms with Gasteiger partial charge in [0.1, 0.15) is 6.04 Å². The number of aliphatic hydroxyl groups is 1. The Kier molecular flexibility index (Phi) is 4.80. The van der Waals surface area contributed by atoms with Gasteiger partial charge in [0.2, 0.25) is 0 Å². The first-order valence-electron chi connectivity index (χ1n) is 8.94. The van der Waals surface area contributed by atoms with Crippen LogP contribution < -0.4 is 5.56 Å². The van der Waals surface area contributed by atoms with Crippen molar-refractivity contribution in [1.29, 1.82) is 0 Å². The van der Waals surface area contributed by atoms with Gasteiger partial charge in [0.05, 0.1) is 13.2 Å². The molecule has 1 N–H and O–H groups in total. The number of carbonyl (C=O) groups excluding carboxylic acids is 1. The van der Waals surface area contributed by atoms with Gasteiger partial charge in [-0.3, -0.25) is 14.5 Å². The summed E-state index contributed by atoms with van der Waals surface area (Å²) >= 11 is 6.36. The summed E-state index contributed by atoms with van der Waals surface area (Å²) in [5.41, 5.74) is 1.69. The van der Waals surface area contributed by atoms with Crippen molar-refractivity contribution < 1.29 is 14.6 Å². The largest absolute Gasteiger partial charge is 0.468 e. The highest BCUT2D eigenvalue weighted by atomic mass is 35.5. The minimum Gasteiger partial charge on any atom is -0.468 e. The highest BCUT2D eigenvalue weighted by Gasteiger charge is 2.55. The number of ether oxygens (including phenoxy) is 1. The van der Waals surface area contributed by atoms with Crippen LogP contribution in [0.3, 0.4) is 0 Å². The molecule has 2 aliphatic heterocycles. The summed E-state index contributed by atoms with van der Waals surface area (Å²) in [5.74, 6) is -0.735. The molecule has 0 unspecified atom stereocenters. The van der Waals surface area contributed by atoms with E-state index in [2.05, 4.69) is 0 Å². The van der Waals surface area contributed by atoms with Crippen molar-refractivity contribution in [2.45, 2.75) is 25.2 Å². The molecule has 27 heavy (non-hydrogen) atoms. The lowest BCUT2D eigenvalue weighted by Crippen LogP contribution is -2.43. The number of rotatable bonds is 4. The molecule has 0 radical (unpaired) electrons. The molecule has 0 aliphatic carbocycles. The summed E-state index contributed by atoms with van der Waals surface area (Å²) in [6.07, 6.45) is 0.